The lowest BCUT2D eigenvalue weighted by Crippen LogP contribution is -2.22. The molecule has 0 saturated carbocycles. The van der Waals surface area contributed by atoms with E-state index in [-0.39, 0.29) is 11.8 Å². The summed E-state index contributed by atoms with van der Waals surface area (Å²) in [5, 5.41) is 8.61. The Kier molecular flexibility index (Phi) is 8.53. The Balaban J connectivity index is 1.37. The highest BCUT2D eigenvalue weighted by Gasteiger charge is 2.17. The average Bonchev–Trinajstić information content (AvgIpc) is 3.34. The Labute approximate surface area is 227 Å². The summed E-state index contributed by atoms with van der Waals surface area (Å²) < 4.78 is 5.18. The molecule has 0 spiro atoms. The van der Waals surface area contributed by atoms with E-state index in [1.54, 1.807) is 49.6 Å². The average molecular weight is 559 g/mol. The topological polar surface area (TPSA) is 80.3 Å². The second kappa shape index (κ2) is 11.8. The van der Waals surface area contributed by atoms with Crippen molar-refractivity contribution in [1.82, 2.24) is 4.98 Å². The van der Waals surface area contributed by atoms with Gasteiger partial charge in [0.25, 0.3) is 5.91 Å². The van der Waals surface area contributed by atoms with Crippen LogP contribution >= 0.6 is 46.3 Å². The van der Waals surface area contributed by atoms with Gasteiger partial charge in [-0.15, -0.1) is 23.1 Å². The van der Waals surface area contributed by atoms with E-state index in [2.05, 4.69) is 15.6 Å². The monoisotopic (exact) mass is 557 g/mol. The molecule has 36 heavy (non-hydrogen) atoms. The third-order valence-electron chi connectivity index (χ3n) is 5.06. The molecule has 1 aromatic heterocycles. The lowest BCUT2D eigenvalue weighted by atomic mass is 10.2. The molecule has 4 rings (SSSR count). The van der Waals surface area contributed by atoms with E-state index in [1.807, 2.05) is 36.6 Å². The molecule has 1 heterocycles. The number of nitrogens with zero attached hydrogens (tertiary/aromatic N) is 1. The van der Waals surface area contributed by atoms with Crippen LogP contribution < -0.4 is 15.4 Å². The molecule has 184 valence electrons. The third-order valence-corrected chi connectivity index (χ3v) is 7.65. The number of carbonyl (C=O) groups excluding carboxylic acids is 2. The largest absolute Gasteiger partial charge is 0.497 e. The molecule has 0 radical (unpaired) electrons. The van der Waals surface area contributed by atoms with Crippen LogP contribution in [0.3, 0.4) is 0 Å². The van der Waals surface area contributed by atoms with E-state index >= 15 is 0 Å². The predicted octanol–water partition coefficient (Wildman–Crippen LogP) is 7.50. The Morgan fingerprint density at radius 2 is 1.81 bits per heavy atom. The number of amides is 2. The molecule has 6 nitrogen and oxygen atoms in total. The van der Waals surface area contributed by atoms with Gasteiger partial charge in [0.15, 0.2) is 5.13 Å². The number of hydrogen-bond acceptors (Lipinski definition) is 6. The maximum atomic E-state index is 12.8. The smallest absolute Gasteiger partial charge is 0.255 e. The van der Waals surface area contributed by atoms with E-state index in [4.69, 9.17) is 27.9 Å². The maximum absolute atomic E-state index is 12.8. The van der Waals surface area contributed by atoms with Gasteiger partial charge in [-0.25, -0.2) is 4.98 Å². The fraction of sp³-hybridized carbons (Fsp3) is 0.115. The summed E-state index contributed by atoms with van der Waals surface area (Å²) in [6.07, 6.45) is 0. The third kappa shape index (κ3) is 6.59. The zero-order valence-electron chi connectivity index (χ0n) is 19.2. The van der Waals surface area contributed by atoms with Crippen LogP contribution in [-0.2, 0) is 4.79 Å². The highest BCUT2D eigenvalue weighted by Crippen LogP contribution is 2.31. The molecule has 4 aromatic rings. The number of hydrogen-bond donors (Lipinski definition) is 2. The quantitative estimate of drug-likeness (QED) is 0.219. The minimum atomic E-state index is -0.397. The molecule has 0 saturated heterocycles. The second-order valence-corrected chi connectivity index (χ2v) is 10.7. The highest BCUT2D eigenvalue weighted by molar-refractivity contribution is 8.00. The van der Waals surface area contributed by atoms with E-state index in [0.717, 1.165) is 10.5 Å². The Bertz CT molecular complexity index is 1410. The number of ether oxygens (including phenoxy) is 1. The minimum Gasteiger partial charge on any atom is -0.497 e. The standard InChI is InChI=1S/C26H21Cl2N3O3S2/c1-15(24(32)31-26-30-23(14-35-26)16-9-10-21(27)22(28)12-16)36-20-8-4-6-18(13-20)29-25(33)17-5-3-7-19(11-17)34-2/h3-15H,1-2H3,(H,29,33)(H,30,31,32). The fourth-order valence-corrected chi connectivity index (χ4v) is 5.15. The molecule has 0 aliphatic heterocycles. The summed E-state index contributed by atoms with van der Waals surface area (Å²) in [7, 11) is 1.55. The van der Waals surface area contributed by atoms with Crippen LogP contribution in [0.5, 0.6) is 5.75 Å². The van der Waals surface area contributed by atoms with E-state index < -0.39 is 5.25 Å². The number of thiazole rings is 1. The lowest BCUT2D eigenvalue weighted by molar-refractivity contribution is -0.115. The van der Waals surface area contributed by atoms with Crippen molar-refractivity contribution in [3.63, 3.8) is 0 Å². The summed E-state index contributed by atoms with van der Waals surface area (Å²) in [6.45, 7) is 1.81. The Morgan fingerprint density at radius 3 is 2.58 bits per heavy atom. The van der Waals surface area contributed by atoms with Crippen molar-refractivity contribution in [2.75, 3.05) is 17.7 Å². The number of carbonyl (C=O) groups is 2. The number of halogens is 2. The molecule has 10 heteroatoms. The van der Waals surface area contributed by atoms with Gasteiger partial charge in [-0.05, 0) is 55.5 Å². The number of thioether (sulfide) groups is 1. The normalized spacial score (nSPS) is 11.6. The summed E-state index contributed by atoms with van der Waals surface area (Å²) >= 11 is 14.8. The van der Waals surface area contributed by atoms with Crippen LogP contribution in [0.15, 0.2) is 77.0 Å². The van der Waals surface area contributed by atoms with Crippen LogP contribution in [0, 0.1) is 0 Å². The summed E-state index contributed by atoms with van der Waals surface area (Å²) in [5.74, 6) is 0.181. The van der Waals surface area contributed by atoms with Crippen molar-refractivity contribution in [2.24, 2.45) is 0 Å². The first-order valence-corrected chi connectivity index (χ1v) is 13.3. The van der Waals surface area contributed by atoms with E-state index in [9.17, 15) is 9.59 Å². The van der Waals surface area contributed by atoms with Crippen molar-refractivity contribution in [3.8, 4) is 17.0 Å². The van der Waals surface area contributed by atoms with Gasteiger partial charge in [0.05, 0.1) is 28.1 Å². The van der Waals surface area contributed by atoms with Crippen LogP contribution in [-0.4, -0.2) is 29.2 Å². The zero-order valence-corrected chi connectivity index (χ0v) is 22.4. The summed E-state index contributed by atoms with van der Waals surface area (Å²) in [6, 6.07) is 19.6. The van der Waals surface area contributed by atoms with Crippen LogP contribution in [0.4, 0.5) is 10.8 Å². The molecule has 2 amide bonds. The molecule has 3 aromatic carbocycles. The predicted molar refractivity (Wildman–Crippen MR) is 149 cm³/mol. The number of benzene rings is 3. The molecular weight excluding hydrogens is 537 g/mol. The first kappa shape index (κ1) is 26.0. The van der Waals surface area contributed by atoms with Crippen molar-refractivity contribution in [3.05, 3.63) is 87.7 Å². The van der Waals surface area contributed by atoms with Gasteiger partial charge in [0.2, 0.25) is 5.91 Å². The molecule has 0 aliphatic rings. The van der Waals surface area contributed by atoms with E-state index in [0.29, 0.717) is 37.9 Å². The van der Waals surface area contributed by atoms with Gasteiger partial charge >= 0.3 is 0 Å². The lowest BCUT2D eigenvalue weighted by Gasteiger charge is -2.12. The summed E-state index contributed by atoms with van der Waals surface area (Å²) in [5.41, 5.74) is 2.64. The number of nitrogens with one attached hydrogen (secondary N) is 2. The molecular formula is C26H21Cl2N3O3S2. The molecule has 1 atom stereocenters. The highest BCUT2D eigenvalue weighted by atomic mass is 35.5. The molecule has 0 aliphatic carbocycles. The van der Waals surface area contributed by atoms with Gasteiger partial charge in [-0.1, -0.05) is 41.4 Å². The Hall–Kier alpha value is -3.04. The Morgan fingerprint density at radius 1 is 1.00 bits per heavy atom. The zero-order chi connectivity index (χ0) is 25.7. The van der Waals surface area contributed by atoms with Gasteiger partial charge in [-0.2, -0.15) is 0 Å². The van der Waals surface area contributed by atoms with Crippen molar-refractivity contribution >= 4 is 68.9 Å². The summed E-state index contributed by atoms with van der Waals surface area (Å²) in [4.78, 5) is 30.7. The van der Waals surface area contributed by atoms with Crippen LogP contribution in [0.1, 0.15) is 17.3 Å². The van der Waals surface area contributed by atoms with E-state index in [1.165, 1.54) is 23.1 Å². The second-order valence-electron chi connectivity index (χ2n) is 7.63. The first-order chi connectivity index (χ1) is 17.3. The van der Waals surface area contributed by atoms with Crippen LogP contribution in [0.2, 0.25) is 10.0 Å². The number of methoxy groups -OCH3 is 1. The van der Waals surface area contributed by atoms with Gasteiger partial charge in [0.1, 0.15) is 5.75 Å². The van der Waals surface area contributed by atoms with Gasteiger partial charge in [0, 0.05) is 27.1 Å². The molecule has 2 N–H and O–H groups in total. The van der Waals surface area contributed by atoms with Crippen molar-refractivity contribution < 1.29 is 14.3 Å². The van der Waals surface area contributed by atoms with Crippen molar-refractivity contribution in [1.29, 1.82) is 0 Å². The number of aromatic nitrogens is 1. The SMILES string of the molecule is COc1cccc(C(=O)Nc2cccc(SC(C)C(=O)Nc3nc(-c4ccc(Cl)c(Cl)c4)cs3)c2)c1. The molecule has 0 bridgehead atoms. The maximum Gasteiger partial charge on any atom is 0.255 e. The van der Waals surface area contributed by atoms with Gasteiger partial charge in [-0.3, -0.25) is 9.59 Å². The van der Waals surface area contributed by atoms with Gasteiger partial charge < -0.3 is 15.4 Å². The molecule has 0 fully saturated rings. The molecule has 1 unspecified atom stereocenters. The van der Waals surface area contributed by atoms with Crippen molar-refractivity contribution in [2.45, 2.75) is 17.1 Å². The minimum absolute atomic E-state index is 0.180. The number of anilines is 2. The first-order valence-electron chi connectivity index (χ1n) is 10.8. The number of rotatable bonds is 8. The van der Waals surface area contributed by atoms with Crippen LogP contribution in [0.25, 0.3) is 11.3 Å². The fourth-order valence-electron chi connectivity index (χ4n) is 3.20.